The summed E-state index contributed by atoms with van der Waals surface area (Å²) in [7, 11) is 1.53. The van der Waals surface area contributed by atoms with Gasteiger partial charge in [-0.2, -0.15) is 0 Å². The molecule has 1 aromatic heterocycles. The highest BCUT2D eigenvalue weighted by atomic mass is 16.3. The second kappa shape index (κ2) is 2.02. The number of aromatic hydroxyl groups is 1. The lowest BCUT2D eigenvalue weighted by atomic mass is 10.4. The summed E-state index contributed by atoms with van der Waals surface area (Å²) in [5.41, 5.74) is 5.11. The molecule has 0 aliphatic rings. The van der Waals surface area contributed by atoms with Gasteiger partial charge in [-0.3, -0.25) is 9.48 Å². The molecule has 0 spiro atoms. The van der Waals surface area contributed by atoms with Gasteiger partial charge in [0.05, 0.1) is 0 Å². The first-order valence-corrected chi connectivity index (χ1v) is 2.64. The van der Waals surface area contributed by atoms with Crippen LogP contribution < -0.4 is 5.73 Å². The molecule has 0 unspecified atom stereocenters. The average molecular weight is 141 g/mol. The van der Waals surface area contributed by atoms with E-state index in [2.05, 4.69) is 5.10 Å². The number of nitrogens with two attached hydrogens (primary N) is 1. The molecule has 0 saturated heterocycles. The summed E-state index contributed by atoms with van der Waals surface area (Å²) in [6.07, 6.45) is 0. The number of rotatable bonds is 1. The first kappa shape index (κ1) is 6.60. The van der Waals surface area contributed by atoms with Gasteiger partial charge in [-0.05, 0) is 0 Å². The fourth-order valence-electron chi connectivity index (χ4n) is 0.683. The van der Waals surface area contributed by atoms with Crippen LogP contribution in [0.3, 0.4) is 0 Å². The highest BCUT2D eigenvalue weighted by Gasteiger charge is 2.07. The Balaban J connectivity index is 3.15. The zero-order valence-electron chi connectivity index (χ0n) is 5.40. The molecule has 1 aromatic rings. The Morgan fingerprint density at radius 3 is 2.70 bits per heavy atom. The summed E-state index contributed by atoms with van der Waals surface area (Å²) in [6.45, 7) is 0. The van der Waals surface area contributed by atoms with Crippen molar-refractivity contribution in [2.24, 2.45) is 12.8 Å². The SMILES string of the molecule is Cn1nc(O)cc1C(N)=O. The molecule has 54 valence electrons. The summed E-state index contributed by atoms with van der Waals surface area (Å²) in [4.78, 5) is 10.5. The fraction of sp³-hybridized carbons (Fsp3) is 0.200. The third kappa shape index (κ3) is 0.928. The van der Waals surface area contributed by atoms with E-state index < -0.39 is 5.91 Å². The van der Waals surface area contributed by atoms with Crippen molar-refractivity contribution >= 4 is 5.91 Å². The van der Waals surface area contributed by atoms with Crippen molar-refractivity contribution in [2.45, 2.75) is 0 Å². The van der Waals surface area contributed by atoms with E-state index in [0.717, 1.165) is 0 Å². The third-order valence-electron chi connectivity index (χ3n) is 1.12. The number of aryl methyl sites for hydroxylation is 1. The molecule has 3 N–H and O–H groups in total. The van der Waals surface area contributed by atoms with Gasteiger partial charge >= 0.3 is 0 Å². The largest absolute Gasteiger partial charge is 0.492 e. The maximum atomic E-state index is 10.5. The molecule has 0 aromatic carbocycles. The lowest BCUT2D eigenvalue weighted by Crippen LogP contribution is -2.15. The Morgan fingerprint density at radius 2 is 2.50 bits per heavy atom. The van der Waals surface area contributed by atoms with E-state index in [1.165, 1.54) is 17.8 Å². The first-order valence-electron chi connectivity index (χ1n) is 2.64. The number of carbonyl (C=O) groups excluding carboxylic acids is 1. The molecule has 0 atom stereocenters. The number of primary amides is 1. The monoisotopic (exact) mass is 141 g/mol. The van der Waals surface area contributed by atoms with Crippen molar-refractivity contribution in [3.63, 3.8) is 0 Å². The average Bonchev–Trinajstić information content (AvgIpc) is 2.10. The third-order valence-corrected chi connectivity index (χ3v) is 1.12. The zero-order chi connectivity index (χ0) is 7.72. The Morgan fingerprint density at radius 1 is 1.90 bits per heavy atom. The topological polar surface area (TPSA) is 81.1 Å². The maximum Gasteiger partial charge on any atom is 0.267 e. The maximum absolute atomic E-state index is 10.5. The van der Waals surface area contributed by atoms with Gasteiger partial charge in [0.15, 0.2) is 0 Å². The van der Waals surface area contributed by atoms with Crippen molar-refractivity contribution < 1.29 is 9.90 Å². The summed E-state index contributed by atoms with van der Waals surface area (Å²) in [5, 5.41) is 12.2. The van der Waals surface area contributed by atoms with Gasteiger partial charge in [0, 0.05) is 13.1 Å². The number of hydrogen-bond acceptors (Lipinski definition) is 3. The number of amides is 1. The molecule has 1 amide bonds. The Labute approximate surface area is 57.1 Å². The molecule has 0 saturated carbocycles. The highest BCUT2D eigenvalue weighted by molar-refractivity contribution is 5.91. The molecule has 0 radical (unpaired) electrons. The van der Waals surface area contributed by atoms with Crippen LogP contribution in [-0.4, -0.2) is 20.8 Å². The Bertz CT molecular complexity index is 266. The van der Waals surface area contributed by atoms with Crippen LogP contribution in [0.4, 0.5) is 0 Å². The molecule has 0 bridgehead atoms. The van der Waals surface area contributed by atoms with Crippen LogP contribution in [0.15, 0.2) is 6.07 Å². The quantitative estimate of drug-likeness (QED) is 0.538. The van der Waals surface area contributed by atoms with Crippen molar-refractivity contribution in [2.75, 3.05) is 0 Å². The Hall–Kier alpha value is -1.52. The second-order valence-corrected chi connectivity index (χ2v) is 1.88. The van der Waals surface area contributed by atoms with Gasteiger partial charge < -0.3 is 10.8 Å². The van der Waals surface area contributed by atoms with Crippen LogP contribution in [0, 0.1) is 0 Å². The smallest absolute Gasteiger partial charge is 0.267 e. The predicted molar refractivity (Wildman–Crippen MR) is 33.4 cm³/mol. The van der Waals surface area contributed by atoms with E-state index in [-0.39, 0.29) is 11.6 Å². The van der Waals surface area contributed by atoms with Crippen LogP contribution in [0.2, 0.25) is 0 Å². The van der Waals surface area contributed by atoms with Crippen molar-refractivity contribution in [3.05, 3.63) is 11.8 Å². The van der Waals surface area contributed by atoms with Gasteiger partial charge in [-0.15, -0.1) is 5.10 Å². The zero-order valence-corrected chi connectivity index (χ0v) is 5.40. The van der Waals surface area contributed by atoms with E-state index in [1.54, 1.807) is 0 Å². The number of carbonyl (C=O) groups is 1. The molecule has 5 nitrogen and oxygen atoms in total. The van der Waals surface area contributed by atoms with E-state index >= 15 is 0 Å². The van der Waals surface area contributed by atoms with Crippen LogP contribution >= 0.6 is 0 Å². The minimum absolute atomic E-state index is 0.192. The lowest BCUT2D eigenvalue weighted by Gasteiger charge is -1.91. The van der Waals surface area contributed by atoms with Crippen LogP contribution in [-0.2, 0) is 7.05 Å². The van der Waals surface area contributed by atoms with Gasteiger partial charge in [0.1, 0.15) is 5.69 Å². The standard InChI is InChI=1S/C5H7N3O2/c1-8-3(5(6)10)2-4(9)7-8/h2H,1H3,(H2,6,10)(H,7,9). The van der Waals surface area contributed by atoms with Crippen LogP contribution in [0.5, 0.6) is 5.88 Å². The van der Waals surface area contributed by atoms with E-state index in [0.29, 0.717) is 0 Å². The van der Waals surface area contributed by atoms with Crippen LogP contribution in [0.1, 0.15) is 10.5 Å². The minimum atomic E-state index is -0.602. The summed E-state index contributed by atoms with van der Waals surface area (Å²) < 4.78 is 1.22. The normalized spacial score (nSPS) is 9.70. The second-order valence-electron chi connectivity index (χ2n) is 1.88. The van der Waals surface area contributed by atoms with Gasteiger partial charge in [0.2, 0.25) is 5.88 Å². The number of hydrogen-bond donors (Lipinski definition) is 2. The van der Waals surface area contributed by atoms with Crippen molar-refractivity contribution in [1.29, 1.82) is 0 Å². The summed E-state index contributed by atoms with van der Waals surface area (Å²) in [6, 6.07) is 1.21. The van der Waals surface area contributed by atoms with Gasteiger partial charge in [-0.1, -0.05) is 0 Å². The highest BCUT2D eigenvalue weighted by Crippen LogP contribution is 2.06. The Kier molecular flexibility index (Phi) is 1.33. The molecule has 0 fully saturated rings. The van der Waals surface area contributed by atoms with Gasteiger partial charge in [-0.25, -0.2) is 0 Å². The van der Waals surface area contributed by atoms with Crippen molar-refractivity contribution in [3.8, 4) is 5.88 Å². The molecular weight excluding hydrogens is 134 g/mol. The molecule has 5 heteroatoms. The minimum Gasteiger partial charge on any atom is -0.492 e. The summed E-state index contributed by atoms with van der Waals surface area (Å²) in [5.74, 6) is -0.799. The van der Waals surface area contributed by atoms with Gasteiger partial charge in [0.25, 0.3) is 5.91 Å². The molecule has 1 rings (SSSR count). The molecule has 0 aliphatic carbocycles. The number of nitrogens with zero attached hydrogens (tertiary/aromatic N) is 2. The van der Waals surface area contributed by atoms with Crippen LogP contribution in [0.25, 0.3) is 0 Å². The fourth-order valence-corrected chi connectivity index (χ4v) is 0.683. The molecule has 1 heterocycles. The predicted octanol–water partition coefficient (Wildman–Crippen LogP) is -0.775. The van der Waals surface area contributed by atoms with Crippen molar-refractivity contribution in [1.82, 2.24) is 9.78 Å². The van der Waals surface area contributed by atoms with E-state index in [9.17, 15) is 4.79 Å². The number of aromatic nitrogens is 2. The molecular formula is C5H7N3O2. The molecule has 10 heavy (non-hydrogen) atoms. The molecule has 0 aliphatic heterocycles. The lowest BCUT2D eigenvalue weighted by molar-refractivity contribution is 0.0991. The summed E-state index contributed by atoms with van der Waals surface area (Å²) >= 11 is 0. The van der Waals surface area contributed by atoms with E-state index in [1.807, 2.05) is 0 Å². The first-order chi connectivity index (χ1) is 4.61. The van der Waals surface area contributed by atoms with E-state index in [4.69, 9.17) is 10.8 Å².